The van der Waals surface area contributed by atoms with E-state index in [2.05, 4.69) is 9.97 Å². The van der Waals surface area contributed by atoms with Crippen LogP contribution in [0.15, 0.2) is 39.9 Å². The normalized spacial score (nSPS) is 10.7. The van der Waals surface area contributed by atoms with Crippen LogP contribution in [-0.4, -0.2) is 29.2 Å². The van der Waals surface area contributed by atoms with Gasteiger partial charge in [0.1, 0.15) is 28.7 Å². The summed E-state index contributed by atoms with van der Waals surface area (Å²) in [6.45, 7) is 1.94. The molecule has 0 unspecified atom stereocenters. The second kappa shape index (κ2) is 6.71. The molecule has 1 aromatic carbocycles. The molecule has 0 bridgehead atoms. The van der Waals surface area contributed by atoms with Crippen molar-refractivity contribution in [1.82, 2.24) is 9.97 Å². The maximum absolute atomic E-state index is 12.2. The van der Waals surface area contributed by atoms with Crippen molar-refractivity contribution in [2.24, 2.45) is 0 Å². The van der Waals surface area contributed by atoms with Gasteiger partial charge in [-0.15, -0.1) is 11.3 Å². The van der Waals surface area contributed by atoms with Crippen molar-refractivity contribution < 1.29 is 14.3 Å². The number of nitrogens with one attached hydrogen (secondary N) is 2. The van der Waals surface area contributed by atoms with Gasteiger partial charge in [0.25, 0.3) is 5.56 Å². The van der Waals surface area contributed by atoms with Crippen LogP contribution in [0.1, 0.15) is 15.2 Å². The van der Waals surface area contributed by atoms with Crippen molar-refractivity contribution in [3.8, 4) is 5.75 Å². The third kappa shape index (κ3) is 3.23. The Balaban J connectivity index is 1.68. The van der Waals surface area contributed by atoms with E-state index in [1.54, 1.807) is 19.1 Å². The number of thiophene rings is 1. The number of para-hydroxylation sites is 1. The number of hydrogen-bond donors (Lipinski definition) is 2. The van der Waals surface area contributed by atoms with Gasteiger partial charge in [0.2, 0.25) is 0 Å². The SMILES string of the molecule is Cc1c(C(=O)OCCOc2ccccc2)sc2[nH]c(=O)[nH]c(=O)c12. The van der Waals surface area contributed by atoms with Crippen LogP contribution in [0.3, 0.4) is 0 Å². The number of H-pyrrole nitrogens is 2. The lowest BCUT2D eigenvalue weighted by Crippen LogP contribution is -2.21. The van der Waals surface area contributed by atoms with E-state index in [0.717, 1.165) is 11.3 Å². The molecular formula is C16H14N2O5S. The monoisotopic (exact) mass is 346 g/mol. The molecule has 2 N–H and O–H groups in total. The molecule has 8 heteroatoms. The summed E-state index contributed by atoms with van der Waals surface area (Å²) in [6, 6.07) is 9.19. The summed E-state index contributed by atoms with van der Waals surface area (Å²) in [5.74, 6) is 0.140. The van der Waals surface area contributed by atoms with E-state index in [4.69, 9.17) is 9.47 Å². The van der Waals surface area contributed by atoms with Crippen LogP contribution in [0.2, 0.25) is 0 Å². The zero-order valence-electron chi connectivity index (χ0n) is 12.8. The fourth-order valence-electron chi connectivity index (χ4n) is 2.25. The van der Waals surface area contributed by atoms with Crippen molar-refractivity contribution in [3.05, 3.63) is 61.6 Å². The average molecular weight is 346 g/mol. The third-order valence-corrected chi connectivity index (χ3v) is 4.53. The van der Waals surface area contributed by atoms with Gasteiger partial charge < -0.3 is 9.47 Å². The Morgan fingerprint density at radius 1 is 1.12 bits per heavy atom. The van der Waals surface area contributed by atoms with Gasteiger partial charge in [-0.1, -0.05) is 18.2 Å². The van der Waals surface area contributed by atoms with E-state index >= 15 is 0 Å². The molecule has 0 atom stereocenters. The summed E-state index contributed by atoms with van der Waals surface area (Å²) in [7, 11) is 0. The number of fused-ring (bicyclic) bond motifs is 1. The van der Waals surface area contributed by atoms with Crippen LogP contribution in [0.5, 0.6) is 5.75 Å². The number of aryl methyl sites for hydroxylation is 1. The number of aromatic amines is 2. The second-order valence-corrected chi connectivity index (χ2v) is 5.99. The molecule has 0 aliphatic heterocycles. The van der Waals surface area contributed by atoms with Gasteiger partial charge in [0, 0.05) is 0 Å². The highest BCUT2D eigenvalue weighted by Gasteiger charge is 2.19. The number of hydrogen-bond acceptors (Lipinski definition) is 6. The molecule has 0 aliphatic carbocycles. The lowest BCUT2D eigenvalue weighted by Gasteiger charge is -2.06. The Hall–Kier alpha value is -2.87. The number of esters is 1. The van der Waals surface area contributed by atoms with Crippen molar-refractivity contribution in [2.45, 2.75) is 6.92 Å². The van der Waals surface area contributed by atoms with Gasteiger partial charge >= 0.3 is 11.7 Å². The number of carbonyl (C=O) groups excluding carboxylic acids is 1. The van der Waals surface area contributed by atoms with Crippen molar-refractivity contribution in [3.63, 3.8) is 0 Å². The fourth-order valence-corrected chi connectivity index (χ4v) is 3.34. The van der Waals surface area contributed by atoms with Gasteiger partial charge in [-0.2, -0.15) is 0 Å². The molecular weight excluding hydrogens is 332 g/mol. The quantitative estimate of drug-likeness (QED) is 0.542. The van der Waals surface area contributed by atoms with Gasteiger partial charge in [0.15, 0.2) is 0 Å². The Kier molecular flexibility index (Phi) is 4.48. The fraction of sp³-hybridized carbons (Fsp3) is 0.188. The van der Waals surface area contributed by atoms with E-state index < -0.39 is 17.2 Å². The second-order valence-electron chi connectivity index (χ2n) is 4.97. The maximum Gasteiger partial charge on any atom is 0.348 e. The van der Waals surface area contributed by atoms with Crippen LogP contribution in [0, 0.1) is 6.92 Å². The van der Waals surface area contributed by atoms with Gasteiger partial charge in [0.05, 0.1) is 5.39 Å². The minimum atomic E-state index is -0.607. The number of ether oxygens (including phenoxy) is 2. The number of aromatic nitrogens is 2. The number of benzene rings is 1. The molecule has 24 heavy (non-hydrogen) atoms. The summed E-state index contributed by atoms with van der Waals surface area (Å²) in [4.78, 5) is 40.6. The topological polar surface area (TPSA) is 101 Å². The largest absolute Gasteiger partial charge is 0.490 e. The highest BCUT2D eigenvalue weighted by molar-refractivity contribution is 7.20. The lowest BCUT2D eigenvalue weighted by atomic mass is 10.2. The van der Waals surface area contributed by atoms with Crippen molar-refractivity contribution in [2.75, 3.05) is 13.2 Å². The summed E-state index contributed by atoms with van der Waals surface area (Å²) >= 11 is 1.02. The van der Waals surface area contributed by atoms with E-state index in [9.17, 15) is 14.4 Å². The van der Waals surface area contributed by atoms with Crippen LogP contribution in [0.25, 0.3) is 10.2 Å². The predicted octanol–water partition coefficient (Wildman–Crippen LogP) is 1.82. The first-order chi connectivity index (χ1) is 11.6. The minimum Gasteiger partial charge on any atom is -0.490 e. The highest BCUT2D eigenvalue weighted by Crippen LogP contribution is 2.26. The molecule has 0 amide bonds. The Bertz CT molecular complexity index is 987. The van der Waals surface area contributed by atoms with Crippen LogP contribution in [-0.2, 0) is 4.74 Å². The van der Waals surface area contributed by atoms with Gasteiger partial charge in [-0.3, -0.25) is 14.8 Å². The minimum absolute atomic E-state index is 0.0777. The Labute approximate surface area is 139 Å². The van der Waals surface area contributed by atoms with E-state index in [1.807, 2.05) is 18.2 Å². The first-order valence-corrected chi connectivity index (χ1v) is 7.98. The van der Waals surface area contributed by atoms with E-state index in [-0.39, 0.29) is 18.1 Å². The summed E-state index contributed by atoms with van der Waals surface area (Å²) < 4.78 is 10.6. The van der Waals surface area contributed by atoms with Crippen molar-refractivity contribution >= 4 is 27.5 Å². The van der Waals surface area contributed by atoms with Gasteiger partial charge in [-0.25, -0.2) is 9.59 Å². The predicted molar refractivity (Wildman–Crippen MR) is 90.0 cm³/mol. The van der Waals surface area contributed by atoms with Crippen molar-refractivity contribution in [1.29, 1.82) is 0 Å². The average Bonchev–Trinajstić information content (AvgIpc) is 2.89. The third-order valence-electron chi connectivity index (χ3n) is 3.34. The number of carbonyl (C=O) groups is 1. The highest BCUT2D eigenvalue weighted by atomic mass is 32.1. The van der Waals surface area contributed by atoms with Crippen LogP contribution in [0.4, 0.5) is 0 Å². The van der Waals surface area contributed by atoms with Gasteiger partial charge in [-0.05, 0) is 24.6 Å². The van der Waals surface area contributed by atoms with E-state index in [0.29, 0.717) is 21.5 Å². The molecule has 2 aromatic heterocycles. The first kappa shape index (κ1) is 16.0. The zero-order chi connectivity index (χ0) is 17.1. The van der Waals surface area contributed by atoms with Crippen LogP contribution < -0.4 is 16.0 Å². The molecule has 124 valence electrons. The molecule has 0 fully saturated rings. The van der Waals surface area contributed by atoms with E-state index in [1.165, 1.54) is 0 Å². The first-order valence-electron chi connectivity index (χ1n) is 7.17. The molecule has 0 saturated heterocycles. The maximum atomic E-state index is 12.2. The standard InChI is InChI=1S/C16H14N2O5S/c1-9-11-13(19)17-16(21)18-14(11)24-12(9)15(20)23-8-7-22-10-5-3-2-4-6-10/h2-6H,7-8H2,1H3,(H2,17,18,19,21). The number of rotatable bonds is 5. The molecule has 0 saturated carbocycles. The molecule has 0 spiro atoms. The molecule has 0 radical (unpaired) electrons. The molecule has 7 nitrogen and oxygen atoms in total. The lowest BCUT2D eigenvalue weighted by molar-refractivity contribution is 0.0455. The summed E-state index contributed by atoms with van der Waals surface area (Å²) in [6.07, 6.45) is 0. The Morgan fingerprint density at radius 3 is 2.62 bits per heavy atom. The molecule has 2 heterocycles. The summed E-state index contributed by atoms with van der Waals surface area (Å²) in [5, 5.41) is 0.298. The molecule has 0 aliphatic rings. The smallest absolute Gasteiger partial charge is 0.348 e. The Morgan fingerprint density at radius 2 is 1.88 bits per heavy atom. The zero-order valence-corrected chi connectivity index (χ0v) is 13.6. The van der Waals surface area contributed by atoms with Crippen LogP contribution >= 0.6 is 11.3 Å². The molecule has 3 aromatic rings. The summed E-state index contributed by atoms with van der Waals surface area (Å²) in [5.41, 5.74) is -0.639. The molecule has 3 rings (SSSR count).